The summed E-state index contributed by atoms with van der Waals surface area (Å²) in [4.78, 5) is 44.3. The Balaban J connectivity index is 1.42. The van der Waals surface area contributed by atoms with Crippen LogP contribution < -0.4 is 10.6 Å². The van der Waals surface area contributed by atoms with E-state index in [-0.39, 0.29) is 36.3 Å². The standard InChI is InChI=1S/C32H39N3O5/c1-20-18-32-26(25(31(20,2)40-32)28(37)33-22-14-8-4-9-15-22)30(39)35(24(19-36)21-12-6-3-7-13-21)27(32)29(38)34-23-16-10-5-11-17-23/h3-4,6-9,12-15,20,23-27,36H,5,10-11,16-19H2,1-2H3,(H,33,37)(H,34,38)/t20?,24-,25+,26+,27?,31-,32?/m1/s1. The summed E-state index contributed by atoms with van der Waals surface area (Å²) >= 11 is 0. The van der Waals surface area contributed by atoms with Crippen molar-refractivity contribution in [3.8, 4) is 0 Å². The smallest absolute Gasteiger partial charge is 0.246 e. The lowest BCUT2D eigenvalue weighted by Gasteiger charge is -2.38. The van der Waals surface area contributed by atoms with Gasteiger partial charge < -0.3 is 25.4 Å². The van der Waals surface area contributed by atoms with Crippen LogP contribution in [-0.4, -0.2) is 57.6 Å². The van der Waals surface area contributed by atoms with E-state index in [1.807, 2.05) is 74.5 Å². The molecule has 3 saturated heterocycles. The van der Waals surface area contributed by atoms with Gasteiger partial charge in [0.15, 0.2) is 0 Å². The lowest BCUT2D eigenvalue weighted by molar-refractivity contribution is -0.150. The molecule has 3 aliphatic heterocycles. The number of benzene rings is 2. The number of aliphatic hydroxyl groups excluding tert-OH is 1. The Morgan fingerprint density at radius 1 is 1.02 bits per heavy atom. The second kappa shape index (κ2) is 10.3. The molecule has 8 heteroatoms. The monoisotopic (exact) mass is 545 g/mol. The molecule has 3 unspecified atom stereocenters. The summed E-state index contributed by atoms with van der Waals surface area (Å²) in [7, 11) is 0. The molecule has 1 aliphatic carbocycles. The molecule has 8 nitrogen and oxygen atoms in total. The van der Waals surface area contributed by atoms with Gasteiger partial charge in [-0.2, -0.15) is 0 Å². The first-order valence-electron chi connectivity index (χ1n) is 14.6. The minimum atomic E-state index is -1.16. The SMILES string of the molecule is CC1CC23O[C@@]1(C)[C@H](C(=O)Nc1ccccc1)[C@H]2C(=O)N([C@H](CO)c1ccccc1)C3C(=O)NC1CCCCC1. The van der Waals surface area contributed by atoms with Crippen molar-refractivity contribution in [3.63, 3.8) is 0 Å². The second-order valence-electron chi connectivity index (χ2n) is 12.3. The maximum atomic E-state index is 14.5. The number of carbonyl (C=O) groups excluding carboxylic acids is 3. The van der Waals surface area contributed by atoms with Crippen molar-refractivity contribution in [1.82, 2.24) is 10.2 Å². The highest BCUT2D eigenvalue weighted by Gasteiger charge is 2.80. The average molecular weight is 546 g/mol. The third kappa shape index (κ3) is 4.15. The molecule has 4 fully saturated rings. The Bertz CT molecular complexity index is 1270. The van der Waals surface area contributed by atoms with Crippen molar-refractivity contribution >= 4 is 23.4 Å². The number of amides is 3. The summed E-state index contributed by atoms with van der Waals surface area (Å²) in [6.45, 7) is 3.60. The van der Waals surface area contributed by atoms with Crippen molar-refractivity contribution in [2.24, 2.45) is 17.8 Å². The molecule has 2 aromatic rings. The Hall–Kier alpha value is -3.23. The molecule has 0 radical (unpaired) electrons. The number of ether oxygens (including phenoxy) is 1. The van der Waals surface area contributed by atoms with Crippen LogP contribution in [0, 0.1) is 17.8 Å². The second-order valence-corrected chi connectivity index (χ2v) is 12.3. The highest BCUT2D eigenvalue weighted by Crippen LogP contribution is 2.66. The third-order valence-corrected chi connectivity index (χ3v) is 9.97. The molecule has 212 valence electrons. The molecular formula is C32H39N3O5. The minimum absolute atomic E-state index is 0.0433. The van der Waals surface area contributed by atoms with E-state index in [9.17, 15) is 19.5 Å². The number of nitrogens with zero attached hydrogens (tertiary/aromatic N) is 1. The summed E-state index contributed by atoms with van der Waals surface area (Å²) in [6, 6.07) is 16.9. The van der Waals surface area contributed by atoms with Gasteiger partial charge >= 0.3 is 0 Å². The Morgan fingerprint density at radius 3 is 2.33 bits per heavy atom. The lowest BCUT2D eigenvalue weighted by atomic mass is 9.62. The van der Waals surface area contributed by atoms with Gasteiger partial charge in [0.05, 0.1) is 30.1 Å². The number of fused-ring (bicyclic) bond motifs is 1. The Labute approximate surface area is 235 Å². The van der Waals surface area contributed by atoms with Gasteiger partial charge in [0.2, 0.25) is 17.7 Å². The first-order chi connectivity index (χ1) is 19.3. The summed E-state index contributed by atoms with van der Waals surface area (Å²) in [5, 5.41) is 16.9. The Kier molecular flexibility index (Phi) is 6.95. The van der Waals surface area contributed by atoms with Gasteiger partial charge in [0, 0.05) is 11.7 Å². The first-order valence-corrected chi connectivity index (χ1v) is 14.6. The summed E-state index contributed by atoms with van der Waals surface area (Å²) in [5.41, 5.74) is -0.683. The molecule has 4 aliphatic rings. The van der Waals surface area contributed by atoms with Gasteiger partial charge in [-0.15, -0.1) is 0 Å². The largest absolute Gasteiger partial charge is 0.394 e. The molecular weight excluding hydrogens is 506 g/mol. The molecule has 2 aromatic carbocycles. The molecule has 1 saturated carbocycles. The van der Waals surface area contributed by atoms with E-state index in [4.69, 9.17) is 4.74 Å². The van der Waals surface area contributed by atoms with Gasteiger partial charge in [0.25, 0.3) is 0 Å². The molecule has 3 N–H and O–H groups in total. The van der Waals surface area contributed by atoms with E-state index in [0.717, 1.165) is 37.7 Å². The maximum Gasteiger partial charge on any atom is 0.246 e. The maximum absolute atomic E-state index is 14.5. The number of anilines is 1. The number of aliphatic hydroxyl groups is 1. The van der Waals surface area contributed by atoms with Crippen LogP contribution >= 0.6 is 0 Å². The predicted molar refractivity (Wildman–Crippen MR) is 150 cm³/mol. The number of hydrogen-bond acceptors (Lipinski definition) is 5. The van der Waals surface area contributed by atoms with Gasteiger partial charge in [0.1, 0.15) is 11.6 Å². The van der Waals surface area contributed by atoms with E-state index in [2.05, 4.69) is 10.6 Å². The molecule has 6 rings (SSSR count). The van der Waals surface area contributed by atoms with Gasteiger partial charge in [-0.25, -0.2) is 0 Å². The molecule has 2 bridgehead atoms. The summed E-state index contributed by atoms with van der Waals surface area (Å²) in [5.74, 6) is -2.52. The normalized spacial score (nSPS) is 34.0. The van der Waals surface area contributed by atoms with Crippen molar-refractivity contribution in [1.29, 1.82) is 0 Å². The van der Waals surface area contributed by atoms with E-state index in [0.29, 0.717) is 12.1 Å². The van der Waals surface area contributed by atoms with Crippen molar-refractivity contribution < 1.29 is 24.2 Å². The van der Waals surface area contributed by atoms with Crippen molar-refractivity contribution in [2.75, 3.05) is 11.9 Å². The quantitative estimate of drug-likeness (QED) is 0.490. The number of nitrogens with one attached hydrogen (secondary N) is 2. The number of carbonyl (C=O) groups is 3. The van der Waals surface area contributed by atoms with Crippen molar-refractivity contribution in [3.05, 3.63) is 66.2 Å². The first kappa shape index (κ1) is 27.0. The van der Waals surface area contributed by atoms with Gasteiger partial charge in [-0.1, -0.05) is 74.7 Å². The number of hydrogen-bond donors (Lipinski definition) is 3. The molecule has 7 atom stereocenters. The van der Waals surface area contributed by atoms with Crippen LogP contribution in [0.5, 0.6) is 0 Å². The van der Waals surface area contributed by atoms with Crippen LogP contribution in [0.15, 0.2) is 60.7 Å². The topological polar surface area (TPSA) is 108 Å². The zero-order valence-electron chi connectivity index (χ0n) is 23.2. The van der Waals surface area contributed by atoms with E-state index in [1.165, 1.54) is 0 Å². The van der Waals surface area contributed by atoms with Crippen LogP contribution in [0.2, 0.25) is 0 Å². The summed E-state index contributed by atoms with van der Waals surface area (Å²) in [6.07, 6.45) is 5.57. The average Bonchev–Trinajstić information content (AvgIpc) is 3.47. The number of rotatable bonds is 7. The molecule has 40 heavy (non-hydrogen) atoms. The van der Waals surface area contributed by atoms with Crippen LogP contribution in [0.4, 0.5) is 5.69 Å². The number of likely N-dealkylation sites (tertiary alicyclic amines) is 1. The van der Waals surface area contributed by atoms with Gasteiger partial charge in [-0.05, 0) is 49.8 Å². The predicted octanol–water partition coefficient (Wildman–Crippen LogP) is 3.82. The number of para-hydroxylation sites is 1. The zero-order chi connectivity index (χ0) is 28.1. The van der Waals surface area contributed by atoms with Crippen molar-refractivity contribution in [2.45, 2.75) is 81.7 Å². The fourth-order valence-corrected chi connectivity index (χ4v) is 8.01. The van der Waals surface area contributed by atoms with Crippen LogP contribution in [0.1, 0.15) is 64.0 Å². The van der Waals surface area contributed by atoms with Crippen LogP contribution in [0.25, 0.3) is 0 Å². The third-order valence-electron chi connectivity index (χ3n) is 9.97. The molecule has 0 aromatic heterocycles. The van der Waals surface area contributed by atoms with Gasteiger partial charge in [-0.3, -0.25) is 14.4 Å². The van der Waals surface area contributed by atoms with E-state index in [1.54, 1.807) is 4.90 Å². The van der Waals surface area contributed by atoms with E-state index >= 15 is 0 Å². The highest BCUT2D eigenvalue weighted by atomic mass is 16.5. The fraction of sp³-hybridized carbons (Fsp3) is 0.531. The molecule has 3 heterocycles. The minimum Gasteiger partial charge on any atom is -0.394 e. The lowest BCUT2D eigenvalue weighted by Crippen LogP contribution is -2.58. The highest BCUT2D eigenvalue weighted by molar-refractivity contribution is 6.02. The molecule has 1 spiro atoms. The Morgan fingerprint density at radius 2 is 1.68 bits per heavy atom. The van der Waals surface area contributed by atoms with Crippen LogP contribution in [0.3, 0.4) is 0 Å². The molecule has 3 amide bonds. The zero-order valence-corrected chi connectivity index (χ0v) is 23.2. The summed E-state index contributed by atoms with van der Waals surface area (Å²) < 4.78 is 6.84. The van der Waals surface area contributed by atoms with Crippen LogP contribution in [-0.2, 0) is 19.1 Å². The fourth-order valence-electron chi connectivity index (χ4n) is 8.01. The van der Waals surface area contributed by atoms with E-state index < -0.39 is 35.1 Å².